The minimum Gasteiger partial charge on any atom is -0.309 e. The monoisotopic (exact) mass is 459 g/mol. The zero-order valence-corrected chi connectivity index (χ0v) is 22.0. The fourth-order valence-corrected chi connectivity index (χ4v) is 4.75. The number of fused-ring (bicyclic) bond motifs is 3. The molecule has 0 unspecified atom stereocenters. The minimum absolute atomic E-state index is 0.133. The first-order valence-corrected chi connectivity index (χ1v) is 12.7. The van der Waals surface area contributed by atoms with Gasteiger partial charge in [0.1, 0.15) is 0 Å². The largest absolute Gasteiger partial charge is 0.309 e. The molecule has 0 saturated heterocycles. The summed E-state index contributed by atoms with van der Waals surface area (Å²) in [6.45, 7) is 13.3. The van der Waals surface area contributed by atoms with E-state index in [0.717, 1.165) is 6.42 Å². The van der Waals surface area contributed by atoms with E-state index in [9.17, 15) is 0 Å². The van der Waals surface area contributed by atoms with Crippen LogP contribution in [0.2, 0.25) is 0 Å². The van der Waals surface area contributed by atoms with Gasteiger partial charge in [-0.05, 0) is 66.6 Å². The maximum Gasteiger partial charge on any atom is 0.0578 e. The Kier molecular flexibility index (Phi) is 7.26. The van der Waals surface area contributed by atoms with Crippen molar-refractivity contribution in [2.24, 2.45) is 0 Å². The summed E-state index contributed by atoms with van der Waals surface area (Å²) in [5.41, 5.74) is 9.39. The van der Waals surface area contributed by atoms with E-state index in [0.29, 0.717) is 0 Å². The summed E-state index contributed by atoms with van der Waals surface area (Å²) in [6, 6.07) is 32.6. The number of hydrogen-bond donors (Lipinski definition) is 0. The molecule has 1 aromatic heterocycles. The smallest absolute Gasteiger partial charge is 0.0578 e. The fourth-order valence-electron chi connectivity index (χ4n) is 4.75. The molecule has 0 radical (unpaired) electrons. The van der Waals surface area contributed by atoms with Gasteiger partial charge in [-0.1, -0.05) is 112 Å². The van der Waals surface area contributed by atoms with Crippen LogP contribution in [0.25, 0.3) is 33.6 Å². The topological polar surface area (TPSA) is 4.93 Å². The first kappa shape index (κ1) is 24.5. The average Bonchev–Trinajstić information content (AvgIpc) is 3.19. The summed E-state index contributed by atoms with van der Waals surface area (Å²) < 4.78 is 2.45. The Bertz CT molecular complexity index is 1450. The summed E-state index contributed by atoms with van der Waals surface area (Å²) in [7, 11) is 0. The third kappa shape index (κ3) is 5.10. The van der Waals surface area contributed by atoms with Gasteiger partial charge < -0.3 is 4.57 Å². The van der Waals surface area contributed by atoms with Crippen molar-refractivity contribution in [1.82, 2.24) is 4.57 Å². The molecule has 1 heteroatoms. The lowest BCUT2D eigenvalue weighted by Crippen LogP contribution is -2.10. The number of rotatable bonds is 3. The van der Waals surface area contributed by atoms with Crippen molar-refractivity contribution in [2.75, 3.05) is 0 Å². The summed E-state index contributed by atoms with van der Waals surface area (Å²) in [5, 5.41) is 2.68. The van der Waals surface area contributed by atoms with E-state index in [2.05, 4.69) is 131 Å². The summed E-state index contributed by atoms with van der Waals surface area (Å²) in [5.74, 6) is 0. The van der Waals surface area contributed by atoms with Gasteiger partial charge in [-0.2, -0.15) is 0 Å². The molecule has 178 valence electrons. The van der Waals surface area contributed by atoms with Gasteiger partial charge in [0.15, 0.2) is 0 Å². The molecule has 1 heterocycles. The number of nitrogens with zero attached hydrogens (tertiary/aromatic N) is 1. The summed E-state index contributed by atoms with van der Waals surface area (Å²) >= 11 is 0. The Labute approximate surface area is 210 Å². The number of hydrogen-bond acceptors (Lipinski definition) is 0. The van der Waals surface area contributed by atoms with Crippen LogP contribution in [-0.4, -0.2) is 4.57 Å². The predicted molar refractivity (Wildman–Crippen MR) is 155 cm³/mol. The molecule has 0 bridgehead atoms. The molecular formula is C34H37N. The van der Waals surface area contributed by atoms with Gasteiger partial charge in [0, 0.05) is 16.5 Å². The van der Waals surface area contributed by atoms with E-state index in [1.807, 2.05) is 18.2 Å². The maximum atomic E-state index is 2.45. The van der Waals surface area contributed by atoms with E-state index in [-0.39, 0.29) is 5.41 Å². The Morgan fingerprint density at radius 2 is 1.43 bits per heavy atom. The molecule has 0 aliphatic rings. The second-order valence-electron chi connectivity index (χ2n) is 10.2. The molecule has 0 saturated carbocycles. The van der Waals surface area contributed by atoms with Crippen LogP contribution in [0.4, 0.5) is 0 Å². The van der Waals surface area contributed by atoms with Crippen molar-refractivity contribution in [3.8, 4) is 5.69 Å². The normalized spacial score (nSPS) is 11.7. The van der Waals surface area contributed by atoms with Crippen LogP contribution in [0, 0.1) is 6.92 Å². The third-order valence-electron chi connectivity index (χ3n) is 6.59. The molecule has 0 atom stereocenters. The molecule has 0 aliphatic heterocycles. The lowest BCUT2D eigenvalue weighted by atomic mass is 9.86. The standard InChI is InChI=1S/C27H29N.C7H8/c1-6-11-19-14-16-23-24-18-20(27(3,4)5)15-17-25(24)28(26(23)22(19)7-2)21-12-9-8-10-13-21;1-7-5-3-2-4-6-7/h6,8-18H,7H2,1-5H3;2-6H,1H3/b11-6-;. The van der Waals surface area contributed by atoms with Gasteiger partial charge >= 0.3 is 0 Å². The van der Waals surface area contributed by atoms with Crippen molar-refractivity contribution >= 4 is 27.9 Å². The molecule has 0 aliphatic carbocycles. The van der Waals surface area contributed by atoms with Crippen LogP contribution in [0.5, 0.6) is 0 Å². The summed E-state index contributed by atoms with van der Waals surface area (Å²) in [6.07, 6.45) is 5.37. The van der Waals surface area contributed by atoms with Gasteiger partial charge in [-0.15, -0.1) is 0 Å². The van der Waals surface area contributed by atoms with Crippen LogP contribution in [-0.2, 0) is 11.8 Å². The number of benzene rings is 4. The second kappa shape index (κ2) is 10.4. The third-order valence-corrected chi connectivity index (χ3v) is 6.59. The molecule has 35 heavy (non-hydrogen) atoms. The first-order valence-electron chi connectivity index (χ1n) is 12.7. The Morgan fingerprint density at radius 1 is 0.771 bits per heavy atom. The predicted octanol–water partition coefficient (Wildman–Crippen LogP) is 9.67. The van der Waals surface area contributed by atoms with Gasteiger partial charge in [0.25, 0.3) is 0 Å². The fraction of sp³-hybridized carbons (Fsp3) is 0.235. The van der Waals surface area contributed by atoms with E-state index in [1.165, 1.54) is 49.7 Å². The highest BCUT2D eigenvalue weighted by Gasteiger charge is 2.20. The van der Waals surface area contributed by atoms with Crippen LogP contribution in [0.15, 0.2) is 97.1 Å². The molecule has 4 aromatic carbocycles. The van der Waals surface area contributed by atoms with Gasteiger partial charge in [0.2, 0.25) is 0 Å². The van der Waals surface area contributed by atoms with Crippen LogP contribution < -0.4 is 0 Å². The molecule has 5 aromatic rings. The quantitative estimate of drug-likeness (QED) is 0.253. The molecule has 0 spiro atoms. The minimum atomic E-state index is 0.133. The first-order chi connectivity index (χ1) is 16.8. The number of para-hydroxylation sites is 1. The summed E-state index contributed by atoms with van der Waals surface area (Å²) in [4.78, 5) is 0. The highest BCUT2D eigenvalue weighted by atomic mass is 15.0. The molecule has 0 fully saturated rings. The highest BCUT2D eigenvalue weighted by Crippen LogP contribution is 2.38. The lowest BCUT2D eigenvalue weighted by Gasteiger charge is -2.19. The molecule has 0 N–H and O–H groups in total. The Balaban J connectivity index is 0.000000356. The van der Waals surface area contributed by atoms with E-state index < -0.39 is 0 Å². The van der Waals surface area contributed by atoms with Gasteiger partial charge in [-0.25, -0.2) is 0 Å². The van der Waals surface area contributed by atoms with Crippen molar-refractivity contribution < 1.29 is 0 Å². The van der Waals surface area contributed by atoms with Crippen LogP contribution >= 0.6 is 0 Å². The molecular weight excluding hydrogens is 422 g/mol. The molecule has 0 amide bonds. The number of aromatic nitrogens is 1. The van der Waals surface area contributed by atoms with E-state index >= 15 is 0 Å². The van der Waals surface area contributed by atoms with Crippen molar-refractivity contribution in [1.29, 1.82) is 0 Å². The maximum absolute atomic E-state index is 2.45. The zero-order chi connectivity index (χ0) is 25.0. The van der Waals surface area contributed by atoms with Crippen LogP contribution in [0.3, 0.4) is 0 Å². The van der Waals surface area contributed by atoms with Crippen molar-refractivity contribution in [3.63, 3.8) is 0 Å². The van der Waals surface area contributed by atoms with Crippen molar-refractivity contribution in [2.45, 2.75) is 53.4 Å². The van der Waals surface area contributed by atoms with E-state index in [4.69, 9.17) is 0 Å². The Morgan fingerprint density at radius 3 is 1.97 bits per heavy atom. The SMILES string of the molecule is C/C=C\c1ccc2c3cc(C(C)(C)C)ccc3n(-c3ccccc3)c2c1CC.Cc1ccccc1. The Hall–Kier alpha value is -3.58. The average molecular weight is 460 g/mol. The number of aryl methyl sites for hydroxylation is 2. The van der Waals surface area contributed by atoms with Gasteiger partial charge in [-0.3, -0.25) is 0 Å². The lowest BCUT2D eigenvalue weighted by molar-refractivity contribution is 0.591. The zero-order valence-electron chi connectivity index (χ0n) is 22.0. The molecule has 1 nitrogen and oxygen atoms in total. The second-order valence-corrected chi connectivity index (χ2v) is 10.2. The molecule has 5 rings (SSSR count). The number of allylic oxidation sites excluding steroid dienone is 1. The highest BCUT2D eigenvalue weighted by molar-refractivity contribution is 6.11. The van der Waals surface area contributed by atoms with E-state index in [1.54, 1.807) is 0 Å². The van der Waals surface area contributed by atoms with Gasteiger partial charge in [0.05, 0.1) is 11.0 Å². The van der Waals surface area contributed by atoms with Crippen molar-refractivity contribution in [3.05, 3.63) is 119 Å². The van der Waals surface area contributed by atoms with Crippen LogP contribution in [0.1, 0.15) is 56.9 Å².